The third-order valence-corrected chi connectivity index (χ3v) is 5.68. The molecule has 0 bridgehead atoms. The van der Waals surface area contributed by atoms with E-state index in [-0.39, 0.29) is 0 Å². The van der Waals surface area contributed by atoms with Crippen LogP contribution in [0.5, 0.6) is 0 Å². The number of hydrogen-bond acceptors (Lipinski definition) is 1. The molecule has 0 radical (unpaired) electrons. The van der Waals surface area contributed by atoms with Crippen molar-refractivity contribution in [1.82, 2.24) is 4.90 Å². The Labute approximate surface area is 155 Å². The van der Waals surface area contributed by atoms with Gasteiger partial charge in [0.1, 0.15) is 0 Å². The quantitative estimate of drug-likeness (QED) is 0.229. The molecule has 0 heterocycles. The summed E-state index contributed by atoms with van der Waals surface area (Å²) in [5.74, 6) is 0. The van der Waals surface area contributed by atoms with Gasteiger partial charge < -0.3 is 0 Å². The first-order chi connectivity index (χ1) is 11.6. The summed E-state index contributed by atoms with van der Waals surface area (Å²) < 4.78 is 0. The van der Waals surface area contributed by atoms with Crippen molar-refractivity contribution in [1.29, 1.82) is 0 Å². The van der Waals surface area contributed by atoms with Gasteiger partial charge in [-0.2, -0.15) is 0 Å². The Hall–Kier alpha value is -0.0400. The van der Waals surface area contributed by atoms with E-state index in [0.717, 1.165) is 0 Å². The van der Waals surface area contributed by atoms with Gasteiger partial charge in [0.2, 0.25) is 0 Å². The smallest absolute Gasteiger partial charge is 0.0181 e. The predicted molar refractivity (Wildman–Crippen MR) is 112 cm³/mol. The van der Waals surface area contributed by atoms with E-state index in [9.17, 15) is 0 Å². The zero-order valence-electron chi connectivity index (χ0n) is 18.0. The predicted octanol–water partition coefficient (Wildman–Crippen LogP) is 7.98. The molecule has 0 fully saturated rings. The molecule has 24 heavy (non-hydrogen) atoms. The molecule has 1 nitrogen and oxygen atoms in total. The Balaban J connectivity index is 4.55. The van der Waals surface area contributed by atoms with Gasteiger partial charge in [0.05, 0.1) is 0 Å². The van der Waals surface area contributed by atoms with Crippen LogP contribution < -0.4 is 0 Å². The first-order valence-electron chi connectivity index (χ1n) is 11.4. The van der Waals surface area contributed by atoms with Crippen molar-refractivity contribution in [3.05, 3.63) is 0 Å². The first-order valence-corrected chi connectivity index (χ1v) is 11.4. The lowest BCUT2D eigenvalue weighted by atomic mass is 9.85. The molecule has 0 aromatic carbocycles. The van der Waals surface area contributed by atoms with Gasteiger partial charge in [-0.25, -0.2) is 0 Å². The lowest BCUT2D eigenvalue weighted by molar-refractivity contribution is 0.0779. The lowest BCUT2D eigenvalue weighted by Gasteiger charge is -2.42. The summed E-state index contributed by atoms with van der Waals surface area (Å²) in [5, 5.41) is 0. The summed E-state index contributed by atoms with van der Waals surface area (Å²) >= 11 is 0. The van der Waals surface area contributed by atoms with Crippen molar-refractivity contribution in [2.75, 3.05) is 13.1 Å². The molecule has 0 saturated carbocycles. The van der Waals surface area contributed by atoms with Gasteiger partial charge in [-0.15, -0.1) is 0 Å². The molecule has 0 amide bonds. The van der Waals surface area contributed by atoms with Crippen LogP contribution in [0.4, 0.5) is 0 Å². The normalized spacial score (nSPS) is 12.2. The fraction of sp³-hybridized carbons (Fsp3) is 1.00. The molecule has 0 aliphatic heterocycles. The zero-order chi connectivity index (χ0) is 18.1. The SMILES string of the molecule is CCCCCCCC(C)(CCCCCCC)N(CCC)CCCC. The molecule has 0 rings (SSSR count). The number of hydrogen-bond donors (Lipinski definition) is 0. The molecule has 0 aromatic heterocycles. The second-order valence-corrected chi connectivity index (χ2v) is 8.17. The standard InChI is InChI=1S/C23H49N/c1-6-10-13-15-17-19-23(5,20-18-16-14-11-7-2)24(21-9-4)22-12-8-3/h6-22H2,1-5H3. The molecule has 0 N–H and O–H groups in total. The van der Waals surface area contributed by atoms with E-state index in [2.05, 4.69) is 39.5 Å². The van der Waals surface area contributed by atoms with Crippen LogP contribution >= 0.6 is 0 Å². The van der Waals surface area contributed by atoms with Crippen LogP contribution in [-0.4, -0.2) is 23.5 Å². The molecule has 146 valence electrons. The molecule has 0 unspecified atom stereocenters. The third-order valence-electron chi connectivity index (χ3n) is 5.68. The first kappa shape index (κ1) is 24.0. The van der Waals surface area contributed by atoms with Crippen molar-refractivity contribution in [2.24, 2.45) is 0 Å². The molecule has 0 atom stereocenters. The monoisotopic (exact) mass is 339 g/mol. The van der Waals surface area contributed by atoms with Crippen molar-refractivity contribution in [2.45, 2.75) is 136 Å². The maximum Gasteiger partial charge on any atom is 0.0181 e. The average molecular weight is 340 g/mol. The molecule has 0 aliphatic carbocycles. The molecule has 0 spiro atoms. The Bertz CT molecular complexity index is 234. The highest BCUT2D eigenvalue weighted by molar-refractivity contribution is 4.86. The summed E-state index contributed by atoms with van der Waals surface area (Å²) in [7, 11) is 0. The summed E-state index contributed by atoms with van der Waals surface area (Å²) in [6, 6.07) is 0. The topological polar surface area (TPSA) is 3.24 Å². The average Bonchev–Trinajstić information content (AvgIpc) is 2.58. The van der Waals surface area contributed by atoms with Gasteiger partial charge in [-0.05, 0) is 45.7 Å². The Morgan fingerprint density at radius 3 is 1.38 bits per heavy atom. The van der Waals surface area contributed by atoms with Crippen LogP contribution in [-0.2, 0) is 0 Å². The van der Waals surface area contributed by atoms with Crippen LogP contribution in [0.2, 0.25) is 0 Å². The van der Waals surface area contributed by atoms with Gasteiger partial charge >= 0.3 is 0 Å². The van der Waals surface area contributed by atoms with Crippen LogP contribution in [0.25, 0.3) is 0 Å². The van der Waals surface area contributed by atoms with Gasteiger partial charge in [0.15, 0.2) is 0 Å². The van der Waals surface area contributed by atoms with Crippen molar-refractivity contribution in [3.63, 3.8) is 0 Å². The van der Waals surface area contributed by atoms with Crippen LogP contribution in [0.3, 0.4) is 0 Å². The second kappa shape index (κ2) is 16.4. The fourth-order valence-corrected chi connectivity index (χ4v) is 3.93. The van der Waals surface area contributed by atoms with E-state index in [0.29, 0.717) is 5.54 Å². The van der Waals surface area contributed by atoms with Gasteiger partial charge in [0, 0.05) is 5.54 Å². The van der Waals surface area contributed by atoms with Crippen molar-refractivity contribution >= 4 is 0 Å². The van der Waals surface area contributed by atoms with E-state index in [1.807, 2.05) is 0 Å². The Morgan fingerprint density at radius 2 is 0.958 bits per heavy atom. The van der Waals surface area contributed by atoms with Crippen molar-refractivity contribution < 1.29 is 0 Å². The summed E-state index contributed by atoms with van der Waals surface area (Å²) in [6.45, 7) is 14.5. The van der Waals surface area contributed by atoms with Crippen molar-refractivity contribution in [3.8, 4) is 0 Å². The van der Waals surface area contributed by atoms with E-state index in [4.69, 9.17) is 0 Å². The molecular formula is C23H49N. The van der Waals surface area contributed by atoms with Gasteiger partial charge in [-0.1, -0.05) is 98.3 Å². The Morgan fingerprint density at radius 1 is 0.500 bits per heavy atom. The second-order valence-electron chi connectivity index (χ2n) is 8.17. The molecule has 0 saturated heterocycles. The summed E-state index contributed by atoms with van der Waals surface area (Å²) in [6.07, 6.45) is 21.0. The maximum atomic E-state index is 2.86. The molecule has 0 aromatic rings. The van der Waals surface area contributed by atoms with E-state index < -0.39 is 0 Å². The van der Waals surface area contributed by atoms with Gasteiger partial charge in [-0.3, -0.25) is 4.90 Å². The van der Waals surface area contributed by atoms with Gasteiger partial charge in [0.25, 0.3) is 0 Å². The van der Waals surface area contributed by atoms with Crippen LogP contribution in [0, 0.1) is 0 Å². The minimum atomic E-state index is 0.448. The maximum absolute atomic E-state index is 2.86. The third kappa shape index (κ3) is 11.5. The summed E-state index contributed by atoms with van der Waals surface area (Å²) in [5.41, 5.74) is 0.448. The van der Waals surface area contributed by atoms with E-state index in [1.54, 1.807) is 0 Å². The highest BCUT2D eigenvalue weighted by Gasteiger charge is 2.29. The van der Waals surface area contributed by atoms with Crippen LogP contribution in [0.1, 0.15) is 131 Å². The lowest BCUT2D eigenvalue weighted by Crippen LogP contribution is -2.47. The highest BCUT2D eigenvalue weighted by Crippen LogP contribution is 2.30. The number of nitrogens with zero attached hydrogens (tertiary/aromatic N) is 1. The minimum absolute atomic E-state index is 0.448. The largest absolute Gasteiger partial charge is 0.298 e. The highest BCUT2D eigenvalue weighted by atomic mass is 15.2. The minimum Gasteiger partial charge on any atom is -0.298 e. The van der Waals surface area contributed by atoms with Crippen LogP contribution in [0.15, 0.2) is 0 Å². The Kier molecular flexibility index (Phi) is 16.4. The fourth-order valence-electron chi connectivity index (χ4n) is 3.93. The van der Waals surface area contributed by atoms with E-state index in [1.165, 1.54) is 109 Å². The number of unbranched alkanes of at least 4 members (excludes halogenated alkanes) is 9. The molecule has 0 aliphatic rings. The number of rotatable bonds is 18. The molecular weight excluding hydrogens is 290 g/mol. The molecule has 1 heteroatoms. The zero-order valence-corrected chi connectivity index (χ0v) is 18.0. The van der Waals surface area contributed by atoms with E-state index >= 15 is 0 Å². The summed E-state index contributed by atoms with van der Waals surface area (Å²) in [4.78, 5) is 2.86.